The zero-order valence-electron chi connectivity index (χ0n) is 17.3. The summed E-state index contributed by atoms with van der Waals surface area (Å²) in [5, 5.41) is 12.9. The van der Waals surface area contributed by atoms with Crippen LogP contribution in [-0.2, 0) is 16.0 Å². The van der Waals surface area contributed by atoms with E-state index in [1.807, 2.05) is 6.92 Å². The van der Waals surface area contributed by atoms with Gasteiger partial charge in [-0.2, -0.15) is 8.78 Å². The summed E-state index contributed by atoms with van der Waals surface area (Å²) in [5.74, 6) is -2.44. The van der Waals surface area contributed by atoms with Gasteiger partial charge in [0.1, 0.15) is 11.6 Å². The van der Waals surface area contributed by atoms with Gasteiger partial charge in [0, 0.05) is 17.2 Å². The standard InChI is InChI=1S/C21H22F3N3O5/c1-10-3-5-12-15(27(10)21(30)31-2)7-6-14(25)17(12)26-19(29)18(28)13-9-11(22)4-8-16(13)32-20(23)24/h4,6-10,18,20,28H,3,5,25H2,1-2H3,(H,26,29). The van der Waals surface area contributed by atoms with E-state index >= 15 is 0 Å². The van der Waals surface area contributed by atoms with Crippen LogP contribution in [-0.4, -0.2) is 36.9 Å². The summed E-state index contributed by atoms with van der Waals surface area (Å²) in [5.41, 5.74) is 6.87. The molecule has 1 heterocycles. The first-order chi connectivity index (χ1) is 15.1. The molecule has 4 N–H and O–H groups in total. The number of carbonyl (C=O) groups excluding carboxylic acids is 2. The van der Waals surface area contributed by atoms with E-state index in [0.717, 1.165) is 18.2 Å². The lowest BCUT2D eigenvalue weighted by Crippen LogP contribution is -2.42. The maximum atomic E-state index is 13.7. The number of alkyl halides is 2. The Labute approximate surface area is 181 Å². The smallest absolute Gasteiger partial charge is 0.414 e. The van der Waals surface area contributed by atoms with Gasteiger partial charge in [0.25, 0.3) is 5.91 Å². The van der Waals surface area contributed by atoms with Gasteiger partial charge in [0.2, 0.25) is 0 Å². The van der Waals surface area contributed by atoms with Crippen molar-refractivity contribution >= 4 is 29.1 Å². The van der Waals surface area contributed by atoms with E-state index in [4.69, 9.17) is 10.5 Å². The molecule has 0 saturated heterocycles. The van der Waals surface area contributed by atoms with Crippen molar-refractivity contribution in [2.45, 2.75) is 38.5 Å². The molecule has 0 spiro atoms. The maximum Gasteiger partial charge on any atom is 0.414 e. The van der Waals surface area contributed by atoms with Crippen LogP contribution in [0.4, 0.5) is 35.0 Å². The second-order valence-electron chi connectivity index (χ2n) is 7.21. The Morgan fingerprint density at radius 1 is 1.28 bits per heavy atom. The molecule has 1 aliphatic heterocycles. The number of halogens is 3. The average Bonchev–Trinajstić information content (AvgIpc) is 2.75. The molecule has 2 aromatic rings. The van der Waals surface area contributed by atoms with Gasteiger partial charge >= 0.3 is 12.7 Å². The van der Waals surface area contributed by atoms with Crippen molar-refractivity contribution in [3.63, 3.8) is 0 Å². The zero-order chi connectivity index (χ0) is 23.6. The highest BCUT2D eigenvalue weighted by molar-refractivity contribution is 6.01. The van der Waals surface area contributed by atoms with Crippen LogP contribution in [0.25, 0.3) is 0 Å². The molecule has 1 aliphatic rings. The summed E-state index contributed by atoms with van der Waals surface area (Å²) in [4.78, 5) is 26.4. The van der Waals surface area contributed by atoms with Gasteiger partial charge in [-0.25, -0.2) is 9.18 Å². The fraction of sp³-hybridized carbons (Fsp3) is 0.333. The highest BCUT2D eigenvalue weighted by Crippen LogP contribution is 2.40. The summed E-state index contributed by atoms with van der Waals surface area (Å²) < 4.78 is 48.1. The highest BCUT2D eigenvalue weighted by atomic mass is 19.3. The number of hydrogen-bond acceptors (Lipinski definition) is 6. The van der Waals surface area contributed by atoms with Gasteiger partial charge < -0.3 is 25.6 Å². The van der Waals surface area contributed by atoms with Crippen LogP contribution in [0.1, 0.15) is 30.6 Å². The summed E-state index contributed by atoms with van der Waals surface area (Å²) in [7, 11) is 1.25. The number of fused-ring (bicyclic) bond motifs is 1. The molecular formula is C21H22F3N3O5. The lowest BCUT2D eigenvalue weighted by Gasteiger charge is -2.35. The summed E-state index contributed by atoms with van der Waals surface area (Å²) >= 11 is 0. The van der Waals surface area contributed by atoms with Gasteiger partial charge in [0.05, 0.1) is 24.2 Å². The number of benzene rings is 2. The summed E-state index contributed by atoms with van der Waals surface area (Å²) in [6.07, 6.45) is -1.61. The quantitative estimate of drug-likeness (QED) is 0.597. The second kappa shape index (κ2) is 9.35. The second-order valence-corrected chi connectivity index (χ2v) is 7.21. The van der Waals surface area contributed by atoms with Crippen LogP contribution < -0.4 is 20.7 Å². The molecule has 2 atom stereocenters. The van der Waals surface area contributed by atoms with Gasteiger partial charge in [-0.3, -0.25) is 9.69 Å². The molecule has 2 aromatic carbocycles. The summed E-state index contributed by atoms with van der Waals surface area (Å²) in [6.45, 7) is -1.40. The number of nitrogens with zero attached hydrogens (tertiary/aromatic N) is 1. The predicted molar refractivity (Wildman–Crippen MR) is 110 cm³/mol. The topological polar surface area (TPSA) is 114 Å². The van der Waals surface area contributed by atoms with E-state index in [9.17, 15) is 27.9 Å². The van der Waals surface area contributed by atoms with Crippen molar-refractivity contribution in [2.24, 2.45) is 0 Å². The van der Waals surface area contributed by atoms with E-state index < -0.39 is 41.8 Å². The Balaban J connectivity index is 1.95. The van der Waals surface area contributed by atoms with Gasteiger partial charge in [-0.05, 0) is 50.1 Å². The Bertz CT molecular complexity index is 1030. The molecule has 0 radical (unpaired) electrons. The molecule has 0 saturated carbocycles. The van der Waals surface area contributed by atoms with Crippen LogP contribution in [0.3, 0.4) is 0 Å². The van der Waals surface area contributed by atoms with Crippen LogP contribution in [0, 0.1) is 5.82 Å². The molecule has 3 rings (SSSR count). The Morgan fingerprint density at radius 3 is 2.66 bits per heavy atom. The number of rotatable bonds is 5. The first-order valence-electron chi connectivity index (χ1n) is 9.65. The van der Waals surface area contributed by atoms with E-state index in [0.29, 0.717) is 24.1 Å². The van der Waals surface area contributed by atoms with E-state index in [2.05, 4.69) is 10.1 Å². The third-order valence-electron chi connectivity index (χ3n) is 5.18. The van der Waals surface area contributed by atoms with Crippen molar-refractivity contribution in [3.8, 4) is 5.75 Å². The van der Waals surface area contributed by atoms with Crippen molar-refractivity contribution in [1.29, 1.82) is 0 Å². The number of anilines is 3. The number of nitrogens with one attached hydrogen (secondary N) is 1. The first kappa shape index (κ1) is 23.2. The van der Waals surface area contributed by atoms with Crippen LogP contribution in [0.2, 0.25) is 0 Å². The average molecular weight is 453 g/mol. The van der Waals surface area contributed by atoms with E-state index in [1.165, 1.54) is 18.1 Å². The fourth-order valence-corrected chi connectivity index (χ4v) is 3.65. The minimum Gasteiger partial charge on any atom is -0.452 e. The Kier molecular flexibility index (Phi) is 6.78. The third kappa shape index (κ3) is 4.57. The maximum absolute atomic E-state index is 13.7. The number of aliphatic hydroxyl groups excluding tert-OH is 1. The number of amides is 2. The molecule has 2 amide bonds. The minimum absolute atomic E-state index is 0.153. The van der Waals surface area contributed by atoms with E-state index in [1.54, 1.807) is 6.07 Å². The minimum atomic E-state index is -3.24. The fourth-order valence-electron chi connectivity index (χ4n) is 3.65. The number of nitrogen functional groups attached to an aromatic ring is 1. The van der Waals surface area contributed by atoms with Crippen LogP contribution in [0.15, 0.2) is 30.3 Å². The van der Waals surface area contributed by atoms with Gasteiger partial charge in [-0.1, -0.05) is 0 Å². The Hall–Kier alpha value is -3.47. The molecular weight excluding hydrogens is 431 g/mol. The molecule has 0 fully saturated rings. The zero-order valence-corrected chi connectivity index (χ0v) is 17.3. The molecule has 8 nitrogen and oxygen atoms in total. The number of hydrogen-bond donors (Lipinski definition) is 3. The molecule has 32 heavy (non-hydrogen) atoms. The lowest BCUT2D eigenvalue weighted by atomic mass is 9.94. The number of aliphatic hydroxyl groups is 1. The third-order valence-corrected chi connectivity index (χ3v) is 5.18. The highest BCUT2D eigenvalue weighted by Gasteiger charge is 2.32. The van der Waals surface area contributed by atoms with Crippen LogP contribution >= 0.6 is 0 Å². The van der Waals surface area contributed by atoms with Crippen molar-refractivity contribution in [3.05, 3.63) is 47.3 Å². The van der Waals surface area contributed by atoms with E-state index in [-0.39, 0.29) is 17.4 Å². The SMILES string of the molecule is COC(=O)N1c2ccc(N)c(NC(=O)C(O)c3cc(F)ccc3OC(F)F)c2CCC1C. The molecule has 172 valence electrons. The van der Waals surface area contributed by atoms with Gasteiger partial charge in [-0.15, -0.1) is 0 Å². The normalized spacial score (nSPS) is 16.3. The molecule has 0 aromatic heterocycles. The molecule has 0 bridgehead atoms. The molecule has 11 heteroatoms. The van der Waals surface area contributed by atoms with Crippen molar-refractivity contribution in [1.82, 2.24) is 0 Å². The van der Waals surface area contributed by atoms with Crippen LogP contribution in [0.5, 0.6) is 5.75 Å². The molecule has 2 unspecified atom stereocenters. The first-order valence-corrected chi connectivity index (χ1v) is 9.65. The number of carbonyl (C=O) groups is 2. The monoisotopic (exact) mass is 453 g/mol. The Morgan fingerprint density at radius 2 is 2.00 bits per heavy atom. The van der Waals surface area contributed by atoms with Gasteiger partial charge in [0.15, 0.2) is 6.10 Å². The van der Waals surface area contributed by atoms with Crippen molar-refractivity contribution in [2.75, 3.05) is 23.1 Å². The number of methoxy groups -OCH3 is 1. The summed E-state index contributed by atoms with van der Waals surface area (Å²) in [6, 6.07) is 5.40. The number of nitrogens with two attached hydrogens (primary N) is 1. The predicted octanol–water partition coefficient (Wildman–Crippen LogP) is 3.59. The van der Waals surface area contributed by atoms with Crippen molar-refractivity contribution < 1.29 is 37.3 Å². The largest absolute Gasteiger partial charge is 0.452 e. The lowest BCUT2D eigenvalue weighted by molar-refractivity contribution is -0.124. The number of ether oxygens (including phenoxy) is 2. The molecule has 0 aliphatic carbocycles.